The lowest BCUT2D eigenvalue weighted by Crippen LogP contribution is -2.27. The van der Waals surface area contributed by atoms with Crippen LogP contribution in [0.5, 0.6) is 0 Å². The molecule has 0 bridgehead atoms. The first-order valence-electron chi connectivity index (χ1n) is 9.16. The van der Waals surface area contributed by atoms with E-state index in [9.17, 15) is 18.7 Å². The van der Waals surface area contributed by atoms with Gasteiger partial charge < -0.3 is 14.1 Å². The van der Waals surface area contributed by atoms with Crippen LogP contribution in [0.25, 0.3) is 22.6 Å². The maximum atomic E-state index is 14.4. The molecule has 0 spiro atoms. The maximum absolute atomic E-state index is 14.4. The zero-order valence-corrected chi connectivity index (χ0v) is 15.6. The molecule has 0 atom stereocenters. The lowest BCUT2D eigenvalue weighted by molar-refractivity contribution is 0.0490. The maximum Gasteiger partial charge on any atom is 0.250 e. The van der Waals surface area contributed by atoms with Gasteiger partial charge in [-0.05, 0) is 51.3 Å². The van der Waals surface area contributed by atoms with E-state index in [1.807, 2.05) is 0 Å². The quantitative estimate of drug-likeness (QED) is 0.722. The van der Waals surface area contributed by atoms with Crippen LogP contribution in [0.1, 0.15) is 45.0 Å². The van der Waals surface area contributed by atoms with Crippen molar-refractivity contribution in [3.8, 4) is 22.6 Å². The summed E-state index contributed by atoms with van der Waals surface area (Å²) in [5.41, 5.74) is -0.638. The fourth-order valence-corrected chi connectivity index (χ4v) is 3.23. The molecule has 5 nitrogen and oxygen atoms in total. The molecule has 0 saturated heterocycles. The number of oxazole rings is 1. The van der Waals surface area contributed by atoms with Gasteiger partial charge >= 0.3 is 0 Å². The molecule has 146 valence electrons. The normalized spacial score (nSPS) is 14.9. The van der Waals surface area contributed by atoms with E-state index in [0.717, 1.165) is 31.4 Å². The summed E-state index contributed by atoms with van der Waals surface area (Å²) in [6.45, 7) is 3.01. The van der Waals surface area contributed by atoms with Gasteiger partial charge in [-0.3, -0.25) is 4.79 Å². The minimum Gasteiger partial charge on any atom is -0.437 e. The highest BCUT2D eigenvalue weighted by atomic mass is 19.1. The Morgan fingerprint density at radius 1 is 1.21 bits per heavy atom. The third kappa shape index (κ3) is 3.26. The van der Waals surface area contributed by atoms with Crippen LogP contribution in [0.3, 0.4) is 0 Å². The Balaban J connectivity index is 1.91. The Labute approximate surface area is 160 Å². The van der Waals surface area contributed by atoms with Gasteiger partial charge in [0.15, 0.2) is 5.76 Å². The molecule has 1 aliphatic carbocycles. The molecule has 0 aliphatic heterocycles. The first-order chi connectivity index (χ1) is 13.2. The molecule has 7 heteroatoms. The van der Waals surface area contributed by atoms with Crippen LogP contribution < -0.4 is 5.56 Å². The van der Waals surface area contributed by atoms with Crippen molar-refractivity contribution in [2.45, 2.75) is 44.8 Å². The highest BCUT2D eigenvalue weighted by Gasteiger charge is 2.29. The summed E-state index contributed by atoms with van der Waals surface area (Å²) in [5, 5.41) is 10.3. The summed E-state index contributed by atoms with van der Waals surface area (Å²) in [5.74, 6) is -1.42. The van der Waals surface area contributed by atoms with Crippen molar-refractivity contribution < 1.29 is 18.3 Å². The predicted molar refractivity (Wildman–Crippen MR) is 99.7 cm³/mol. The number of halogens is 2. The summed E-state index contributed by atoms with van der Waals surface area (Å²) >= 11 is 0. The van der Waals surface area contributed by atoms with Crippen LogP contribution in [0.15, 0.2) is 45.7 Å². The molecule has 1 saturated carbocycles. The van der Waals surface area contributed by atoms with Gasteiger partial charge in [0.1, 0.15) is 22.9 Å². The second kappa shape index (κ2) is 6.67. The van der Waals surface area contributed by atoms with Crippen molar-refractivity contribution in [3.63, 3.8) is 0 Å². The van der Waals surface area contributed by atoms with E-state index in [0.29, 0.717) is 5.56 Å². The van der Waals surface area contributed by atoms with E-state index >= 15 is 0 Å². The van der Waals surface area contributed by atoms with E-state index in [1.165, 1.54) is 26.0 Å². The summed E-state index contributed by atoms with van der Waals surface area (Å²) < 4.78 is 35.1. The van der Waals surface area contributed by atoms with Crippen LogP contribution in [0.2, 0.25) is 0 Å². The highest BCUT2D eigenvalue weighted by molar-refractivity contribution is 5.77. The van der Waals surface area contributed by atoms with Crippen molar-refractivity contribution in [1.29, 1.82) is 0 Å². The van der Waals surface area contributed by atoms with Crippen LogP contribution in [0.4, 0.5) is 8.78 Å². The second-order valence-electron chi connectivity index (χ2n) is 7.63. The largest absolute Gasteiger partial charge is 0.437 e. The minimum atomic E-state index is -1.40. The first-order valence-corrected chi connectivity index (χ1v) is 9.16. The van der Waals surface area contributed by atoms with Gasteiger partial charge in [-0.15, -0.1) is 0 Å². The van der Waals surface area contributed by atoms with Crippen molar-refractivity contribution >= 4 is 0 Å². The predicted octanol–water partition coefficient (Wildman–Crippen LogP) is 4.40. The van der Waals surface area contributed by atoms with E-state index in [-0.39, 0.29) is 34.5 Å². The molecular formula is C21H20F2N2O3. The first kappa shape index (κ1) is 18.6. The molecule has 4 rings (SSSR count). The molecule has 0 radical (unpaired) electrons. The molecule has 3 aromatic rings. The van der Waals surface area contributed by atoms with Crippen molar-refractivity contribution in [1.82, 2.24) is 9.55 Å². The lowest BCUT2D eigenvalue weighted by atomic mass is 9.92. The Morgan fingerprint density at radius 3 is 2.57 bits per heavy atom. The molecule has 2 aromatic heterocycles. The number of rotatable bonds is 4. The topological polar surface area (TPSA) is 68.3 Å². The fraction of sp³-hybridized carbons (Fsp3) is 0.333. The van der Waals surface area contributed by atoms with Gasteiger partial charge in [0.2, 0.25) is 5.89 Å². The van der Waals surface area contributed by atoms with Gasteiger partial charge in [-0.2, -0.15) is 0 Å². The average molecular weight is 386 g/mol. The Morgan fingerprint density at radius 2 is 1.96 bits per heavy atom. The zero-order chi connectivity index (χ0) is 20.1. The molecule has 1 aromatic carbocycles. The Bertz CT molecular complexity index is 1090. The van der Waals surface area contributed by atoms with Crippen molar-refractivity contribution in [2.75, 3.05) is 0 Å². The molecule has 1 fully saturated rings. The molecular weight excluding hydrogens is 366 g/mol. The van der Waals surface area contributed by atoms with Gasteiger partial charge in [-0.1, -0.05) is 0 Å². The van der Waals surface area contributed by atoms with E-state index in [2.05, 4.69) is 4.98 Å². The van der Waals surface area contributed by atoms with Crippen LogP contribution >= 0.6 is 0 Å². The van der Waals surface area contributed by atoms with E-state index in [4.69, 9.17) is 4.42 Å². The molecule has 2 heterocycles. The number of nitrogens with zero attached hydrogens (tertiary/aromatic N) is 2. The van der Waals surface area contributed by atoms with E-state index in [1.54, 1.807) is 16.8 Å². The Hall–Kier alpha value is -2.80. The summed E-state index contributed by atoms with van der Waals surface area (Å²) in [6, 6.07) is 6.33. The van der Waals surface area contributed by atoms with Gasteiger partial charge in [0, 0.05) is 29.9 Å². The summed E-state index contributed by atoms with van der Waals surface area (Å²) in [7, 11) is 0. The number of pyridine rings is 1. The van der Waals surface area contributed by atoms with Crippen molar-refractivity contribution in [2.24, 2.45) is 0 Å². The number of benzene rings is 1. The summed E-state index contributed by atoms with van der Waals surface area (Å²) in [4.78, 5) is 16.6. The monoisotopic (exact) mass is 386 g/mol. The molecule has 1 aliphatic rings. The third-order valence-electron chi connectivity index (χ3n) is 5.01. The van der Waals surface area contributed by atoms with Crippen LogP contribution in [-0.2, 0) is 5.60 Å². The van der Waals surface area contributed by atoms with Gasteiger partial charge in [0.25, 0.3) is 5.56 Å². The van der Waals surface area contributed by atoms with Crippen molar-refractivity contribution in [3.05, 3.63) is 64.4 Å². The van der Waals surface area contributed by atoms with Gasteiger partial charge in [0.05, 0.1) is 5.56 Å². The molecule has 0 unspecified atom stereocenters. The van der Waals surface area contributed by atoms with Crippen LogP contribution in [0, 0.1) is 11.6 Å². The number of hydrogen-bond acceptors (Lipinski definition) is 4. The molecule has 0 amide bonds. The fourth-order valence-electron chi connectivity index (χ4n) is 3.23. The molecule has 28 heavy (non-hydrogen) atoms. The third-order valence-corrected chi connectivity index (χ3v) is 5.01. The second-order valence-corrected chi connectivity index (χ2v) is 7.63. The smallest absolute Gasteiger partial charge is 0.250 e. The van der Waals surface area contributed by atoms with Crippen LogP contribution in [-0.4, -0.2) is 14.7 Å². The molecule has 1 N–H and O–H groups in total. The SMILES string of the molecule is CC(C)(O)c1nc(-c2ccc(=O)n(C3CCC3)c2)c(-c2ccc(F)cc2F)o1. The van der Waals surface area contributed by atoms with Gasteiger partial charge in [-0.25, -0.2) is 13.8 Å². The van der Waals surface area contributed by atoms with E-state index < -0.39 is 17.2 Å². The number of hydrogen-bond donors (Lipinski definition) is 1. The Kier molecular flexibility index (Phi) is 4.42. The standard InChI is InChI=1S/C21H20F2N2O3/c1-21(2,27)20-24-18(19(28-20)15-8-7-13(22)10-16(15)23)12-6-9-17(26)25(11-12)14-4-3-5-14/h6-11,14,27H,3-5H2,1-2H3. The summed E-state index contributed by atoms with van der Waals surface area (Å²) in [6.07, 6.45) is 4.61. The zero-order valence-electron chi connectivity index (χ0n) is 15.6. The highest BCUT2D eigenvalue weighted by Crippen LogP contribution is 2.37. The lowest BCUT2D eigenvalue weighted by Gasteiger charge is -2.27. The number of aromatic nitrogens is 2. The minimum absolute atomic E-state index is 0.00243. The number of aliphatic hydroxyl groups is 1. The average Bonchev–Trinajstić information content (AvgIpc) is 3.00.